The van der Waals surface area contributed by atoms with Gasteiger partial charge in [-0.15, -0.1) is 0 Å². The van der Waals surface area contributed by atoms with Gasteiger partial charge in [0.05, 0.1) is 0 Å². The minimum atomic E-state index is 0.577. The van der Waals surface area contributed by atoms with Gasteiger partial charge < -0.3 is 9.88 Å². The van der Waals surface area contributed by atoms with Crippen molar-refractivity contribution in [2.75, 3.05) is 19.6 Å². The number of rotatable bonds is 4. The molecule has 1 N–H and O–H groups in total. The third kappa shape index (κ3) is 3.28. The standard InChI is InChI=1S/C17H23N3/c1-14-12-18-17(19-14)16-8-5-10-20(13-16)11-9-15-6-3-2-4-7-15/h2-4,6-7,12,16H,5,8-11,13H2,1H3,(H,18,19)/t16-/m0/s1. The maximum atomic E-state index is 4.51. The number of likely N-dealkylation sites (tertiary alicyclic amines) is 1. The molecule has 1 aromatic carbocycles. The molecule has 3 heteroatoms. The molecule has 1 aliphatic heterocycles. The van der Waals surface area contributed by atoms with Crippen LogP contribution in [0.3, 0.4) is 0 Å². The Morgan fingerprint density at radius 3 is 2.90 bits per heavy atom. The highest BCUT2D eigenvalue weighted by molar-refractivity contribution is 5.15. The van der Waals surface area contributed by atoms with E-state index in [1.807, 2.05) is 6.20 Å². The van der Waals surface area contributed by atoms with Gasteiger partial charge >= 0.3 is 0 Å². The summed E-state index contributed by atoms with van der Waals surface area (Å²) >= 11 is 0. The lowest BCUT2D eigenvalue weighted by atomic mass is 9.97. The normalized spacial score (nSPS) is 20.1. The smallest absolute Gasteiger partial charge is 0.110 e. The van der Waals surface area contributed by atoms with Gasteiger partial charge in [0.25, 0.3) is 0 Å². The number of hydrogen-bond acceptors (Lipinski definition) is 2. The number of benzene rings is 1. The van der Waals surface area contributed by atoms with Crippen LogP contribution in [-0.4, -0.2) is 34.5 Å². The van der Waals surface area contributed by atoms with Crippen LogP contribution in [0, 0.1) is 6.92 Å². The van der Waals surface area contributed by atoms with E-state index in [1.54, 1.807) is 0 Å². The van der Waals surface area contributed by atoms with Crippen molar-refractivity contribution in [3.63, 3.8) is 0 Å². The predicted octanol–water partition coefficient (Wildman–Crippen LogP) is 3.14. The van der Waals surface area contributed by atoms with Gasteiger partial charge in [-0.25, -0.2) is 4.98 Å². The lowest BCUT2D eigenvalue weighted by molar-refractivity contribution is 0.207. The Bertz CT molecular complexity index is 532. The Balaban J connectivity index is 1.55. The molecule has 0 radical (unpaired) electrons. The molecule has 0 saturated carbocycles. The van der Waals surface area contributed by atoms with Crippen molar-refractivity contribution < 1.29 is 0 Å². The molecular formula is C17H23N3. The second-order valence-electron chi connectivity index (χ2n) is 5.83. The average molecular weight is 269 g/mol. The Labute approximate surface area is 121 Å². The molecule has 1 fully saturated rings. The van der Waals surface area contributed by atoms with Crippen LogP contribution in [0.5, 0.6) is 0 Å². The van der Waals surface area contributed by atoms with Crippen LogP contribution in [0.2, 0.25) is 0 Å². The van der Waals surface area contributed by atoms with Gasteiger partial charge in [-0.2, -0.15) is 0 Å². The number of aromatic amines is 1. The Kier molecular flexibility index (Phi) is 4.16. The molecule has 1 atom stereocenters. The average Bonchev–Trinajstić information content (AvgIpc) is 2.93. The van der Waals surface area contributed by atoms with E-state index in [4.69, 9.17) is 0 Å². The Hall–Kier alpha value is -1.61. The van der Waals surface area contributed by atoms with Gasteiger partial charge in [-0.1, -0.05) is 30.3 Å². The molecule has 0 unspecified atom stereocenters. The quantitative estimate of drug-likeness (QED) is 0.924. The van der Waals surface area contributed by atoms with E-state index in [1.165, 1.54) is 36.5 Å². The van der Waals surface area contributed by atoms with E-state index in [0.717, 1.165) is 19.5 Å². The van der Waals surface area contributed by atoms with Gasteiger partial charge in [0, 0.05) is 30.9 Å². The van der Waals surface area contributed by atoms with Gasteiger partial charge in [0.15, 0.2) is 0 Å². The van der Waals surface area contributed by atoms with Crippen molar-refractivity contribution in [2.24, 2.45) is 0 Å². The summed E-state index contributed by atoms with van der Waals surface area (Å²) in [6.07, 6.45) is 5.62. The fourth-order valence-corrected chi connectivity index (χ4v) is 3.05. The summed E-state index contributed by atoms with van der Waals surface area (Å²) in [5.41, 5.74) is 2.60. The molecule has 2 aromatic rings. The molecule has 0 amide bonds. The maximum absolute atomic E-state index is 4.51. The van der Waals surface area contributed by atoms with E-state index >= 15 is 0 Å². The summed E-state index contributed by atoms with van der Waals surface area (Å²) in [5, 5.41) is 0. The molecule has 2 heterocycles. The molecule has 0 spiro atoms. The van der Waals surface area contributed by atoms with Gasteiger partial charge in [-0.3, -0.25) is 0 Å². The van der Waals surface area contributed by atoms with E-state index in [0.29, 0.717) is 5.92 Å². The van der Waals surface area contributed by atoms with Crippen molar-refractivity contribution in [1.82, 2.24) is 14.9 Å². The second kappa shape index (κ2) is 6.23. The Morgan fingerprint density at radius 1 is 1.30 bits per heavy atom. The van der Waals surface area contributed by atoms with Gasteiger partial charge in [-0.05, 0) is 38.3 Å². The number of aryl methyl sites for hydroxylation is 1. The largest absolute Gasteiger partial charge is 0.346 e. The van der Waals surface area contributed by atoms with Gasteiger partial charge in [0.2, 0.25) is 0 Å². The summed E-state index contributed by atoms with van der Waals surface area (Å²) in [5.74, 6) is 1.75. The fourth-order valence-electron chi connectivity index (χ4n) is 3.05. The van der Waals surface area contributed by atoms with Crippen LogP contribution in [0.1, 0.15) is 35.8 Å². The molecule has 20 heavy (non-hydrogen) atoms. The second-order valence-corrected chi connectivity index (χ2v) is 5.83. The highest BCUT2D eigenvalue weighted by Gasteiger charge is 2.22. The van der Waals surface area contributed by atoms with Gasteiger partial charge in [0.1, 0.15) is 5.82 Å². The summed E-state index contributed by atoms with van der Waals surface area (Å²) in [6, 6.07) is 10.8. The van der Waals surface area contributed by atoms with E-state index in [2.05, 4.69) is 52.1 Å². The zero-order valence-corrected chi connectivity index (χ0v) is 12.2. The van der Waals surface area contributed by atoms with Crippen LogP contribution in [0.4, 0.5) is 0 Å². The summed E-state index contributed by atoms with van der Waals surface area (Å²) in [6.45, 7) is 5.59. The Morgan fingerprint density at radius 2 is 2.15 bits per heavy atom. The molecule has 1 saturated heterocycles. The first-order valence-corrected chi connectivity index (χ1v) is 7.59. The molecule has 0 aliphatic carbocycles. The number of imidazole rings is 1. The summed E-state index contributed by atoms with van der Waals surface area (Å²) in [4.78, 5) is 10.5. The van der Waals surface area contributed by atoms with Crippen LogP contribution in [0.15, 0.2) is 36.5 Å². The first kappa shape index (κ1) is 13.4. The minimum absolute atomic E-state index is 0.577. The maximum Gasteiger partial charge on any atom is 0.110 e. The van der Waals surface area contributed by atoms with Crippen molar-refractivity contribution in [1.29, 1.82) is 0 Å². The number of aromatic nitrogens is 2. The van der Waals surface area contributed by atoms with Crippen LogP contribution < -0.4 is 0 Å². The number of nitrogens with zero attached hydrogens (tertiary/aromatic N) is 2. The predicted molar refractivity (Wildman–Crippen MR) is 81.9 cm³/mol. The lowest BCUT2D eigenvalue weighted by Gasteiger charge is -2.31. The van der Waals surface area contributed by atoms with Crippen molar-refractivity contribution in [3.05, 3.63) is 53.6 Å². The molecule has 3 rings (SSSR count). The molecule has 106 valence electrons. The lowest BCUT2D eigenvalue weighted by Crippen LogP contribution is -2.36. The number of H-pyrrole nitrogens is 1. The molecule has 3 nitrogen and oxygen atoms in total. The zero-order chi connectivity index (χ0) is 13.8. The molecule has 0 bridgehead atoms. The van der Waals surface area contributed by atoms with Crippen molar-refractivity contribution >= 4 is 0 Å². The summed E-state index contributed by atoms with van der Waals surface area (Å²) in [7, 11) is 0. The first-order chi connectivity index (χ1) is 9.81. The van der Waals surface area contributed by atoms with Crippen molar-refractivity contribution in [3.8, 4) is 0 Å². The topological polar surface area (TPSA) is 31.9 Å². The zero-order valence-electron chi connectivity index (χ0n) is 12.2. The highest BCUT2D eigenvalue weighted by Crippen LogP contribution is 2.24. The molecule has 1 aromatic heterocycles. The number of piperidine rings is 1. The van der Waals surface area contributed by atoms with E-state index < -0.39 is 0 Å². The van der Waals surface area contributed by atoms with Crippen LogP contribution >= 0.6 is 0 Å². The van der Waals surface area contributed by atoms with Crippen LogP contribution in [0.25, 0.3) is 0 Å². The third-order valence-electron chi connectivity index (χ3n) is 4.17. The number of hydrogen-bond donors (Lipinski definition) is 1. The SMILES string of the molecule is Cc1cnc([C@H]2CCCN(CCc3ccccc3)C2)[nH]1. The molecule has 1 aliphatic rings. The minimum Gasteiger partial charge on any atom is -0.346 e. The monoisotopic (exact) mass is 269 g/mol. The fraction of sp³-hybridized carbons (Fsp3) is 0.471. The van der Waals surface area contributed by atoms with E-state index in [9.17, 15) is 0 Å². The summed E-state index contributed by atoms with van der Waals surface area (Å²) < 4.78 is 0. The van der Waals surface area contributed by atoms with E-state index in [-0.39, 0.29) is 0 Å². The number of nitrogens with one attached hydrogen (secondary N) is 1. The van der Waals surface area contributed by atoms with Crippen molar-refractivity contribution in [2.45, 2.75) is 32.1 Å². The molecular weight excluding hydrogens is 246 g/mol. The first-order valence-electron chi connectivity index (χ1n) is 7.59. The van der Waals surface area contributed by atoms with Crippen LogP contribution in [-0.2, 0) is 6.42 Å². The third-order valence-corrected chi connectivity index (χ3v) is 4.17. The highest BCUT2D eigenvalue weighted by atomic mass is 15.1.